The minimum atomic E-state index is -0.150. The first kappa shape index (κ1) is 20.2. The van der Waals surface area contributed by atoms with E-state index in [-0.39, 0.29) is 17.2 Å². The summed E-state index contributed by atoms with van der Waals surface area (Å²) in [7, 11) is 0. The third kappa shape index (κ3) is 3.96. The van der Waals surface area contributed by atoms with E-state index >= 15 is 0 Å². The summed E-state index contributed by atoms with van der Waals surface area (Å²) in [6.45, 7) is 4.45. The first-order valence-corrected chi connectivity index (χ1v) is 10.6. The molecule has 0 unspecified atom stereocenters. The lowest BCUT2D eigenvalue weighted by Crippen LogP contribution is -2.25. The SMILES string of the molecule is C=CCn1c(=O)c2ccccc2n2c(SCC(=O)NCc3ccc(Cl)cc3)nnc12. The van der Waals surface area contributed by atoms with Crippen molar-refractivity contribution in [2.24, 2.45) is 0 Å². The molecule has 7 nitrogen and oxygen atoms in total. The number of benzene rings is 2. The molecule has 9 heteroatoms. The Hall–Kier alpha value is -3.10. The molecule has 0 aliphatic rings. The number of nitrogens with one attached hydrogen (secondary N) is 1. The summed E-state index contributed by atoms with van der Waals surface area (Å²) in [5.74, 6) is 0.460. The van der Waals surface area contributed by atoms with Crippen LogP contribution >= 0.6 is 23.4 Å². The molecule has 0 atom stereocenters. The minimum Gasteiger partial charge on any atom is -0.351 e. The van der Waals surface area contributed by atoms with Crippen LogP contribution in [-0.2, 0) is 17.9 Å². The molecule has 0 aliphatic carbocycles. The van der Waals surface area contributed by atoms with Crippen LogP contribution in [0.2, 0.25) is 5.02 Å². The van der Waals surface area contributed by atoms with E-state index in [2.05, 4.69) is 22.1 Å². The highest BCUT2D eigenvalue weighted by atomic mass is 35.5. The van der Waals surface area contributed by atoms with Crippen LogP contribution in [0.1, 0.15) is 5.56 Å². The molecule has 0 aliphatic heterocycles. The van der Waals surface area contributed by atoms with Gasteiger partial charge in [0.2, 0.25) is 11.7 Å². The summed E-state index contributed by atoms with van der Waals surface area (Å²) in [5.41, 5.74) is 1.51. The number of aromatic nitrogens is 4. The van der Waals surface area contributed by atoms with Crippen LogP contribution in [0.15, 0.2) is 71.1 Å². The van der Waals surface area contributed by atoms with E-state index < -0.39 is 0 Å². The maximum atomic E-state index is 12.8. The zero-order chi connectivity index (χ0) is 21.1. The standard InChI is InChI=1S/C21H18ClN5O2S/c1-2-11-26-19(29)16-5-3-4-6-17(16)27-20(26)24-25-21(27)30-13-18(28)23-12-14-7-9-15(22)10-8-14/h2-10H,1,11-13H2,(H,23,28). The van der Waals surface area contributed by atoms with Crippen molar-refractivity contribution in [1.29, 1.82) is 0 Å². The fourth-order valence-corrected chi connectivity index (χ4v) is 4.00. The Bertz CT molecular complexity index is 1300. The zero-order valence-corrected chi connectivity index (χ0v) is 17.5. The molecule has 0 spiro atoms. The molecular formula is C21H18ClN5O2S. The molecule has 0 fully saturated rings. The van der Waals surface area contributed by atoms with Crippen molar-refractivity contribution >= 4 is 46.0 Å². The Labute approximate surface area is 181 Å². The number of para-hydroxylation sites is 1. The van der Waals surface area contributed by atoms with Crippen molar-refractivity contribution in [1.82, 2.24) is 24.5 Å². The van der Waals surface area contributed by atoms with Crippen molar-refractivity contribution in [3.8, 4) is 0 Å². The molecule has 152 valence electrons. The number of fused-ring (bicyclic) bond motifs is 3. The molecule has 30 heavy (non-hydrogen) atoms. The van der Waals surface area contributed by atoms with E-state index in [1.54, 1.807) is 28.7 Å². The predicted octanol–water partition coefficient (Wildman–Crippen LogP) is 3.29. The summed E-state index contributed by atoms with van der Waals surface area (Å²) in [6, 6.07) is 14.6. The Balaban J connectivity index is 1.57. The average Bonchev–Trinajstić information content (AvgIpc) is 3.19. The van der Waals surface area contributed by atoms with Crippen molar-refractivity contribution < 1.29 is 4.79 Å². The van der Waals surface area contributed by atoms with Gasteiger partial charge in [-0.2, -0.15) is 0 Å². The molecule has 1 N–H and O–H groups in total. The first-order valence-electron chi connectivity index (χ1n) is 9.20. The Morgan fingerprint density at radius 3 is 2.70 bits per heavy atom. The highest BCUT2D eigenvalue weighted by Crippen LogP contribution is 2.21. The van der Waals surface area contributed by atoms with Crippen LogP contribution in [0, 0.1) is 0 Å². The van der Waals surface area contributed by atoms with Gasteiger partial charge in [-0.3, -0.25) is 18.6 Å². The van der Waals surface area contributed by atoms with Gasteiger partial charge >= 0.3 is 0 Å². The molecule has 0 radical (unpaired) electrons. The fourth-order valence-electron chi connectivity index (χ4n) is 3.10. The molecule has 4 rings (SSSR count). The monoisotopic (exact) mass is 439 g/mol. The summed E-state index contributed by atoms with van der Waals surface area (Å²) in [4.78, 5) is 25.1. The van der Waals surface area contributed by atoms with Crippen LogP contribution in [0.25, 0.3) is 16.7 Å². The third-order valence-corrected chi connectivity index (χ3v) is 5.71. The van der Waals surface area contributed by atoms with Gasteiger partial charge in [0, 0.05) is 18.1 Å². The van der Waals surface area contributed by atoms with Crippen LogP contribution < -0.4 is 10.9 Å². The Morgan fingerprint density at radius 1 is 1.17 bits per heavy atom. The smallest absolute Gasteiger partial charge is 0.263 e. The van der Waals surface area contributed by atoms with Gasteiger partial charge in [-0.1, -0.05) is 53.7 Å². The van der Waals surface area contributed by atoms with Gasteiger partial charge in [-0.05, 0) is 29.8 Å². The van der Waals surface area contributed by atoms with Gasteiger partial charge in [-0.15, -0.1) is 16.8 Å². The van der Waals surface area contributed by atoms with Gasteiger partial charge in [-0.25, -0.2) is 0 Å². The lowest BCUT2D eigenvalue weighted by molar-refractivity contribution is -0.118. The zero-order valence-electron chi connectivity index (χ0n) is 15.9. The van der Waals surface area contributed by atoms with E-state index in [1.807, 2.05) is 30.3 Å². The maximum absolute atomic E-state index is 12.8. The van der Waals surface area contributed by atoms with Gasteiger partial charge < -0.3 is 5.32 Å². The summed E-state index contributed by atoms with van der Waals surface area (Å²) < 4.78 is 3.32. The lowest BCUT2D eigenvalue weighted by atomic mass is 10.2. The van der Waals surface area contributed by atoms with E-state index in [0.29, 0.717) is 39.9 Å². The fraction of sp³-hybridized carbons (Fsp3) is 0.143. The predicted molar refractivity (Wildman–Crippen MR) is 119 cm³/mol. The van der Waals surface area contributed by atoms with E-state index in [0.717, 1.165) is 5.56 Å². The number of carbonyl (C=O) groups is 1. The number of allylic oxidation sites excluding steroid dienone is 1. The van der Waals surface area contributed by atoms with Crippen LogP contribution in [0.5, 0.6) is 0 Å². The third-order valence-electron chi connectivity index (χ3n) is 4.53. The second kappa shape index (κ2) is 8.73. The number of thioether (sulfide) groups is 1. The summed E-state index contributed by atoms with van der Waals surface area (Å²) >= 11 is 7.14. The lowest BCUT2D eigenvalue weighted by Gasteiger charge is -2.09. The minimum absolute atomic E-state index is 0.129. The van der Waals surface area contributed by atoms with Crippen LogP contribution in [0.4, 0.5) is 0 Å². The number of nitrogens with zero attached hydrogens (tertiary/aromatic N) is 4. The largest absolute Gasteiger partial charge is 0.351 e. The average molecular weight is 440 g/mol. The molecule has 2 heterocycles. The van der Waals surface area contributed by atoms with E-state index in [9.17, 15) is 9.59 Å². The summed E-state index contributed by atoms with van der Waals surface area (Å²) in [6.07, 6.45) is 1.64. The molecule has 2 aromatic heterocycles. The maximum Gasteiger partial charge on any atom is 0.263 e. The first-order chi connectivity index (χ1) is 14.6. The van der Waals surface area contributed by atoms with Gasteiger partial charge in [0.1, 0.15) is 0 Å². The number of carbonyl (C=O) groups excluding carboxylic acids is 1. The van der Waals surface area contributed by atoms with Gasteiger partial charge in [0.25, 0.3) is 5.56 Å². The second-order valence-corrected chi connectivity index (χ2v) is 7.91. The van der Waals surface area contributed by atoms with Gasteiger partial charge in [0.05, 0.1) is 16.7 Å². The van der Waals surface area contributed by atoms with Gasteiger partial charge in [0.15, 0.2) is 5.16 Å². The molecule has 0 saturated carbocycles. The normalized spacial score (nSPS) is 11.1. The van der Waals surface area contributed by atoms with Crippen LogP contribution in [0.3, 0.4) is 0 Å². The molecule has 2 aromatic carbocycles. The van der Waals surface area contributed by atoms with Crippen molar-refractivity contribution in [3.05, 3.63) is 82.1 Å². The van der Waals surface area contributed by atoms with E-state index in [1.165, 1.54) is 16.3 Å². The Morgan fingerprint density at radius 2 is 1.93 bits per heavy atom. The summed E-state index contributed by atoms with van der Waals surface area (Å²) in [5, 5.41) is 13.0. The number of rotatable bonds is 7. The molecule has 0 bridgehead atoms. The number of hydrogen-bond acceptors (Lipinski definition) is 5. The number of halogens is 1. The van der Waals surface area contributed by atoms with E-state index in [4.69, 9.17) is 11.6 Å². The quantitative estimate of drug-likeness (QED) is 0.353. The molecule has 0 saturated heterocycles. The van der Waals surface area contributed by atoms with Crippen molar-refractivity contribution in [2.45, 2.75) is 18.2 Å². The van der Waals surface area contributed by atoms with Crippen LogP contribution in [-0.4, -0.2) is 30.8 Å². The highest BCUT2D eigenvalue weighted by molar-refractivity contribution is 7.99. The van der Waals surface area contributed by atoms with Crippen molar-refractivity contribution in [2.75, 3.05) is 5.75 Å². The number of amides is 1. The molecule has 1 amide bonds. The Kier molecular flexibility index (Phi) is 5.87. The molecule has 4 aromatic rings. The highest BCUT2D eigenvalue weighted by Gasteiger charge is 2.17. The number of hydrogen-bond donors (Lipinski definition) is 1. The topological polar surface area (TPSA) is 81.3 Å². The second-order valence-electron chi connectivity index (χ2n) is 6.53. The molecular weight excluding hydrogens is 422 g/mol. The van der Waals surface area contributed by atoms with Crippen molar-refractivity contribution in [3.63, 3.8) is 0 Å².